The van der Waals surface area contributed by atoms with Crippen molar-refractivity contribution in [1.29, 1.82) is 0 Å². The first-order valence-electron chi connectivity index (χ1n) is 7.13. The average Bonchev–Trinajstić information content (AvgIpc) is 2.93. The van der Waals surface area contributed by atoms with Gasteiger partial charge in [0.15, 0.2) is 0 Å². The van der Waals surface area contributed by atoms with Crippen molar-refractivity contribution in [2.45, 2.75) is 25.8 Å². The van der Waals surface area contributed by atoms with Gasteiger partial charge in [0, 0.05) is 31.6 Å². The molecule has 1 aromatic heterocycles. The Labute approximate surface area is 122 Å². The highest BCUT2D eigenvalue weighted by molar-refractivity contribution is 5.97. The van der Waals surface area contributed by atoms with Crippen molar-refractivity contribution < 1.29 is 9.59 Å². The molecule has 110 valence electrons. The van der Waals surface area contributed by atoms with E-state index in [1.165, 1.54) is 6.92 Å². The molecule has 21 heavy (non-hydrogen) atoms. The third-order valence-electron chi connectivity index (χ3n) is 3.78. The van der Waals surface area contributed by atoms with Crippen molar-refractivity contribution in [1.82, 2.24) is 20.2 Å². The van der Waals surface area contributed by atoms with Crippen LogP contribution in [0.15, 0.2) is 24.5 Å². The molecule has 2 aromatic rings. The Morgan fingerprint density at radius 1 is 1.43 bits per heavy atom. The molecule has 0 bridgehead atoms. The second kappa shape index (κ2) is 5.55. The zero-order chi connectivity index (χ0) is 14.8. The van der Waals surface area contributed by atoms with E-state index in [9.17, 15) is 9.59 Å². The van der Waals surface area contributed by atoms with E-state index in [4.69, 9.17) is 0 Å². The van der Waals surface area contributed by atoms with Crippen molar-refractivity contribution in [3.05, 3.63) is 30.1 Å². The van der Waals surface area contributed by atoms with Gasteiger partial charge in [-0.05, 0) is 31.0 Å². The van der Waals surface area contributed by atoms with E-state index in [-0.39, 0.29) is 17.9 Å². The molecule has 1 aliphatic heterocycles. The summed E-state index contributed by atoms with van der Waals surface area (Å²) in [6.07, 6.45) is 3.44. The Kier molecular flexibility index (Phi) is 3.60. The fraction of sp³-hybridized carbons (Fsp3) is 0.400. The van der Waals surface area contributed by atoms with Crippen molar-refractivity contribution >= 4 is 22.8 Å². The number of hydrogen-bond acceptors (Lipinski definition) is 3. The van der Waals surface area contributed by atoms with Gasteiger partial charge in [0.1, 0.15) is 0 Å². The minimum absolute atomic E-state index is 0.00144. The average molecular weight is 286 g/mol. The number of hydrogen-bond donors (Lipinski definition) is 2. The largest absolute Gasteiger partial charge is 0.352 e. The molecule has 0 saturated carbocycles. The number of benzene rings is 1. The van der Waals surface area contributed by atoms with Gasteiger partial charge in [0.25, 0.3) is 5.91 Å². The molecule has 2 heterocycles. The van der Waals surface area contributed by atoms with Gasteiger partial charge in [-0.3, -0.25) is 9.59 Å². The van der Waals surface area contributed by atoms with Crippen LogP contribution in [0.3, 0.4) is 0 Å². The van der Waals surface area contributed by atoms with E-state index in [1.807, 2.05) is 17.0 Å². The summed E-state index contributed by atoms with van der Waals surface area (Å²) in [5, 5.41) is 2.89. The number of aromatic nitrogens is 2. The van der Waals surface area contributed by atoms with E-state index in [0.717, 1.165) is 30.4 Å². The summed E-state index contributed by atoms with van der Waals surface area (Å²) in [5.74, 6) is -0.0465. The van der Waals surface area contributed by atoms with E-state index in [0.29, 0.717) is 12.1 Å². The molecule has 1 aliphatic rings. The highest BCUT2D eigenvalue weighted by atomic mass is 16.2. The van der Waals surface area contributed by atoms with Crippen LogP contribution in [-0.4, -0.2) is 45.8 Å². The Balaban J connectivity index is 1.75. The predicted molar refractivity (Wildman–Crippen MR) is 78.8 cm³/mol. The SMILES string of the molecule is CC(=O)N[C@@H]1CCCN(C(=O)c2ccc3nc[nH]c3c2)C1. The van der Waals surface area contributed by atoms with Crippen LogP contribution in [0.25, 0.3) is 11.0 Å². The number of carbonyl (C=O) groups excluding carboxylic acids is 2. The third kappa shape index (κ3) is 2.89. The Hall–Kier alpha value is -2.37. The van der Waals surface area contributed by atoms with Crippen LogP contribution >= 0.6 is 0 Å². The molecule has 1 aromatic carbocycles. The molecular formula is C15H18N4O2. The normalized spacial score (nSPS) is 18.7. The van der Waals surface area contributed by atoms with E-state index in [2.05, 4.69) is 15.3 Å². The predicted octanol–water partition coefficient (Wildman–Crippen LogP) is 1.30. The molecule has 2 N–H and O–H groups in total. The Morgan fingerprint density at radius 2 is 2.29 bits per heavy atom. The van der Waals surface area contributed by atoms with Crippen LogP contribution in [-0.2, 0) is 4.79 Å². The number of nitrogens with one attached hydrogen (secondary N) is 2. The summed E-state index contributed by atoms with van der Waals surface area (Å²) >= 11 is 0. The maximum Gasteiger partial charge on any atom is 0.254 e. The summed E-state index contributed by atoms with van der Waals surface area (Å²) < 4.78 is 0. The Morgan fingerprint density at radius 3 is 3.10 bits per heavy atom. The highest BCUT2D eigenvalue weighted by Gasteiger charge is 2.25. The van der Waals surface area contributed by atoms with Crippen molar-refractivity contribution in [2.24, 2.45) is 0 Å². The number of amides is 2. The monoisotopic (exact) mass is 286 g/mol. The summed E-state index contributed by atoms with van der Waals surface area (Å²) in [6.45, 7) is 2.81. The fourth-order valence-corrected chi connectivity index (χ4v) is 2.82. The lowest BCUT2D eigenvalue weighted by atomic mass is 10.0. The lowest BCUT2D eigenvalue weighted by Gasteiger charge is -2.33. The number of carbonyl (C=O) groups is 2. The van der Waals surface area contributed by atoms with Crippen LogP contribution in [0.4, 0.5) is 0 Å². The van der Waals surface area contributed by atoms with E-state index < -0.39 is 0 Å². The molecule has 1 fully saturated rings. The van der Waals surface area contributed by atoms with Gasteiger partial charge in [0.05, 0.1) is 17.4 Å². The standard InChI is InChI=1S/C15H18N4O2/c1-10(20)18-12-3-2-6-19(8-12)15(21)11-4-5-13-14(7-11)17-9-16-13/h4-5,7,9,12H,2-3,6,8H2,1H3,(H,16,17)(H,18,20)/t12-/m1/s1. The van der Waals surface area contributed by atoms with Crippen LogP contribution in [0, 0.1) is 0 Å². The first kappa shape index (κ1) is 13.6. The lowest BCUT2D eigenvalue weighted by molar-refractivity contribution is -0.120. The number of fused-ring (bicyclic) bond motifs is 1. The topological polar surface area (TPSA) is 78.1 Å². The molecule has 3 rings (SSSR count). The van der Waals surface area contributed by atoms with E-state index in [1.54, 1.807) is 12.4 Å². The van der Waals surface area contributed by atoms with Crippen molar-refractivity contribution in [3.8, 4) is 0 Å². The van der Waals surface area contributed by atoms with Crippen LogP contribution < -0.4 is 5.32 Å². The molecule has 6 nitrogen and oxygen atoms in total. The van der Waals surface area contributed by atoms with Crippen molar-refractivity contribution in [2.75, 3.05) is 13.1 Å². The molecule has 2 amide bonds. The van der Waals surface area contributed by atoms with Crippen LogP contribution in [0.2, 0.25) is 0 Å². The van der Waals surface area contributed by atoms with Crippen LogP contribution in [0.5, 0.6) is 0 Å². The number of likely N-dealkylation sites (tertiary alicyclic amines) is 1. The maximum absolute atomic E-state index is 12.6. The van der Waals surface area contributed by atoms with E-state index >= 15 is 0 Å². The highest BCUT2D eigenvalue weighted by Crippen LogP contribution is 2.17. The summed E-state index contributed by atoms with van der Waals surface area (Å²) in [4.78, 5) is 32.7. The second-order valence-corrected chi connectivity index (χ2v) is 5.43. The molecule has 0 spiro atoms. The van der Waals surface area contributed by atoms with Gasteiger partial charge >= 0.3 is 0 Å². The quantitative estimate of drug-likeness (QED) is 0.873. The minimum atomic E-state index is -0.0480. The number of nitrogens with zero attached hydrogens (tertiary/aromatic N) is 2. The molecule has 6 heteroatoms. The van der Waals surface area contributed by atoms with Crippen LogP contribution in [0.1, 0.15) is 30.1 Å². The van der Waals surface area contributed by atoms with Gasteiger partial charge < -0.3 is 15.2 Å². The first-order chi connectivity index (χ1) is 10.1. The van der Waals surface area contributed by atoms with Gasteiger partial charge in [0.2, 0.25) is 5.91 Å². The van der Waals surface area contributed by atoms with Gasteiger partial charge in [-0.2, -0.15) is 0 Å². The molecule has 1 atom stereocenters. The number of H-pyrrole nitrogens is 1. The van der Waals surface area contributed by atoms with Crippen molar-refractivity contribution in [3.63, 3.8) is 0 Å². The van der Waals surface area contributed by atoms with Gasteiger partial charge in [-0.25, -0.2) is 4.98 Å². The fourth-order valence-electron chi connectivity index (χ4n) is 2.82. The zero-order valence-electron chi connectivity index (χ0n) is 11.9. The molecular weight excluding hydrogens is 268 g/mol. The molecule has 1 saturated heterocycles. The summed E-state index contributed by atoms with van der Waals surface area (Å²) in [5.41, 5.74) is 2.35. The molecule has 0 unspecified atom stereocenters. The minimum Gasteiger partial charge on any atom is -0.352 e. The number of rotatable bonds is 2. The van der Waals surface area contributed by atoms with Gasteiger partial charge in [-0.15, -0.1) is 0 Å². The summed E-state index contributed by atoms with van der Waals surface area (Å²) in [7, 11) is 0. The maximum atomic E-state index is 12.6. The number of imidazole rings is 1. The summed E-state index contributed by atoms with van der Waals surface area (Å²) in [6, 6.07) is 5.52. The second-order valence-electron chi connectivity index (χ2n) is 5.43. The Bertz CT molecular complexity index is 679. The first-order valence-corrected chi connectivity index (χ1v) is 7.13. The lowest BCUT2D eigenvalue weighted by Crippen LogP contribution is -2.49. The number of piperidine rings is 1. The third-order valence-corrected chi connectivity index (χ3v) is 3.78. The zero-order valence-corrected chi connectivity index (χ0v) is 11.9. The van der Waals surface area contributed by atoms with Gasteiger partial charge in [-0.1, -0.05) is 0 Å². The molecule has 0 radical (unpaired) electrons. The molecule has 0 aliphatic carbocycles. The smallest absolute Gasteiger partial charge is 0.254 e. The number of aromatic amines is 1.